The lowest BCUT2D eigenvalue weighted by atomic mass is 10.2. The predicted octanol–water partition coefficient (Wildman–Crippen LogP) is 2.34. The van der Waals surface area contributed by atoms with Crippen molar-refractivity contribution in [3.63, 3.8) is 0 Å². The Bertz CT molecular complexity index is 367. The second kappa shape index (κ2) is 5.15. The van der Waals surface area contributed by atoms with Crippen molar-refractivity contribution in [1.29, 1.82) is 0 Å². The second-order valence-corrected chi connectivity index (χ2v) is 5.11. The molecular weight excluding hydrogens is 266 g/mol. The van der Waals surface area contributed by atoms with Gasteiger partial charge in [0.1, 0.15) is 5.82 Å². The Morgan fingerprint density at radius 2 is 2.44 bits per heavy atom. The van der Waals surface area contributed by atoms with E-state index in [0.29, 0.717) is 6.04 Å². The number of rotatable bonds is 3. The van der Waals surface area contributed by atoms with Crippen molar-refractivity contribution >= 4 is 21.7 Å². The van der Waals surface area contributed by atoms with E-state index >= 15 is 0 Å². The Morgan fingerprint density at radius 3 is 3.19 bits per heavy atom. The van der Waals surface area contributed by atoms with Crippen LogP contribution in [-0.2, 0) is 0 Å². The zero-order valence-corrected chi connectivity index (χ0v) is 11.4. The maximum atomic E-state index is 4.50. The van der Waals surface area contributed by atoms with E-state index in [1.54, 1.807) is 0 Å². The molecule has 2 heterocycles. The first-order valence-electron chi connectivity index (χ1n) is 5.76. The fourth-order valence-corrected chi connectivity index (χ4v) is 2.75. The number of aromatic nitrogens is 1. The van der Waals surface area contributed by atoms with Crippen LogP contribution in [0, 0.1) is 6.92 Å². The van der Waals surface area contributed by atoms with Crippen molar-refractivity contribution < 1.29 is 0 Å². The van der Waals surface area contributed by atoms with Crippen molar-refractivity contribution in [2.45, 2.75) is 25.8 Å². The fraction of sp³-hybridized carbons (Fsp3) is 0.583. The zero-order valence-electron chi connectivity index (χ0n) is 9.83. The Morgan fingerprint density at radius 1 is 1.62 bits per heavy atom. The smallest absolute Gasteiger partial charge is 0.143 e. The third-order valence-corrected chi connectivity index (χ3v) is 4.13. The summed E-state index contributed by atoms with van der Waals surface area (Å²) in [5.41, 5.74) is 1.25. The van der Waals surface area contributed by atoms with Crippen LogP contribution in [0.1, 0.15) is 18.4 Å². The molecule has 2 rings (SSSR count). The molecule has 4 heteroatoms. The minimum Gasteiger partial charge on any atom is -0.351 e. The largest absolute Gasteiger partial charge is 0.351 e. The van der Waals surface area contributed by atoms with E-state index in [1.165, 1.54) is 18.4 Å². The maximum absolute atomic E-state index is 4.50. The zero-order chi connectivity index (χ0) is 11.5. The van der Waals surface area contributed by atoms with E-state index in [4.69, 9.17) is 0 Å². The lowest BCUT2D eigenvalue weighted by molar-refractivity contribution is 0.611. The second-order valence-electron chi connectivity index (χ2n) is 4.31. The van der Waals surface area contributed by atoms with E-state index in [0.717, 1.165) is 23.4 Å². The van der Waals surface area contributed by atoms with Crippen LogP contribution in [0.3, 0.4) is 0 Å². The highest BCUT2D eigenvalue weighted by Gasteiger charge is 2.26. The number of nitrogens with zero attached hydrogens (tertiary/aromatic N) is 2. The van der Waals surface area contributed by atoms with Gasteiger partial charge in [0.15, 0.2) is 0 Å². The van der Waals surface area contributed by atoms with Crippen LogP contribution < -0.4 is 10.2 Å². The molecule has 1 aromatic heterocycles. The predicted molar refractivity (Wildman–Crippen MR) is 71.0 cm³/mol. The summed E-state index contributed by atoms with van der Waals surface area (Å²) in [4.78, 5) is 6.92. The van der Waals surface area contributed by atoms with Crippen molar-refractivity contribution in [2.24, 2.45) is 0 Å². The van der Waals surface area contributed by atoms with Gasteiger partial charge in [-0.15, -0.1) is 0 Å². The number of halogens is 1. The minimum atomic E-state index is 0.579. The topological polar surface area (TPSA) is 28.2 Å². The molecule has 16 heavy (non-hydrogen) atoms. The number of anilines is 1. The van der Waals surface area contributed by atoms with Crippen molar-refractivity contribution in [3.05, 3.63) is 22.3 Å². The summed E-state index contributed by atoms with van der Waals surface area (Å²) in [5.74, 6) is 1.10. The van der Waals surface area contributed by atoms with Gasteiger partial charge in [-0.2, -0.15) is 0 Å². The SMILES string of the molecule is CNCC1CCCN1c1nccc(C)c1Br. The number of aryl methyl sites for hydroxylation is 1. The Hall–Kier alpha value is -0.610. The van der Waals surface area contributed by atoms with Gasteiger partial charge < -0.3 is 10.2 Å². The molecule has 1 atom stereocenters. The first-order chi connectivity index (χ1) is 7.74. The summed E-state index contributed by atoms with van der Waals surface area (Å²) in [7, 11) is 2.01. The molecule has 1 aromatic rings. The molecule has 0 bridgehead atoms. The quantitative estimate of drug-likeness (QED) is 0.923. The van der Waals surface area contributed by atoms with Gasteiger partial charge in [-0.25, -0.2) is 4.98 Å². The molecule has 0 saturated carbocycles. The van der Waals surface area contributed by atoms with Gasteiger partial charge in [0.05, 0.1) is 4.47 Å². The first-order valence-corrected chi connectivity index (χ1v) is 6.55. The number of pyridine rings is 1. The highest BCUT2D eigenvalue weighted by molar-refractivity contribution is 9.10. The van der Waals surface area contributed by atoms with Crippen LogP contribution >= 0.6 is 15.9 Å². The van der Waals surface area contributed by atoms with E-state index in [1.807, 2.05) is 19.3 Å². The van der Waals surface area contributed by atoms with Crippen molar-refractivity contribution in [2.75, 3.05) is 25.0 Å². The van der Waals surface area contributed by atoms with Gasteiger partial charge >= 0.3 is 0 Å². The van der Waals surface area contributed by atoms with Gasteiger partial charge in [0.2, 0.25) is 0 Å². The van der Waals surface area contributed by atoms with Gasteiger partial charge in [0, 0.05) is 25.3 Å². The number of hydrogen-bond donors (Lipinski definition) is 1. The molecule has 0 spiro atoms. The van der Waals surface area contributed by atoms with Gasteiger partial charge in [-0.3, -0.25) is 0 Å². The van der Waals surface area contributed by atoms with Crippen LogP contribution in [0.15, 0.2) is 16.7 Å². The summed E-state index contributed by atoms with van der Waals surface area (Å²) >= 11 is 3.64. The number of likely N-dealkylation sites (N-methyl/N-ethyl adjacent to an activating group) is 1. The lowest BCUT2D eigenvalue weighted by Gasteiger charge is -2.26. The highest BCUT2D eigenvalue weighted by Crippen LogP contribution is 2.31. The normalized spacial score (nSPS) is 20.4. The number of hydrogen-bond acceptors (Lipinski definition) is 3. The molecule has 1 aliphatic rings. The van der Waals surface area contributed by atoms with E-state index in [2.05, 4.69) is 38.1 Å². The van der Waals surface area contributed by atoms with E-state index in [9.17, 15) is 0 Å². The highest BCUT2D eigenvalue weighted by atomic mass is 79.9. The van der Waals surface area contributed by atoms with Gasteiger partial charge in [0.25, 0.3) is 0 Å². The summed E-state index contributed by atoms with van der Waals surface area (Å²) in [5, 5.41) is 3.26. The maximum Gasteiger partial charge on any atom is 0.143 e. The van der Waals surface area contributed by atoms with Gasteiger partial charge in [-0.1, -0.05) is 0 Å². The fourth-order valence-electron chi connectivity index (χ4n) is 2.29. The summed E-state index contributed by atoms with van der Waals surface area (Å²) in [6.07, 6.45) is 4.40. The lowest BCUT2D eigenvalue weighted by Crippen LogP contribution is -2.37. The Kier molecular flexibility index (Phi) is 3.82. The molecule has 1 N–H and O–H groups in total. The summed E-state index contributed by atoms with van der Waals surface area (Å²) in [6, 6.07) is 2.62. The standard InChI is InChI=1S/C12H18BrN3/c1-9-5-6-15-12(11(9)13)16-7-3-4-10(16)8-14-2/h5-6,10,14H,3-4,7-8H2,1-2H3. The van der Waals surface area contributed by atoms with Crippen LogP contribution in [0.25, 0.3) is 0 Å². The van der Waals surface area contributed by atoms with Crippen LogP contribution in [0.4, 0.5) is 5.82 Å². The van der Waals surface area contributed by atoms with Crippen molar-refractivity contribution in [1.82, 2.24) is 10.3 Å². The molecule has 0 aromatic carbocycles. The molecule has 1 unspecified atom stereocenters. The monoisotopic (exact) mass is 283 g/mol. The average molecular weight is 284 g/mol. The summed E-state index contributed by atoms with van der Waals surface area (Å²) in [6.45, 7) is 4.25. The number of nitrogens with one attached hydrogen (secondary N) is 1. The minimum absolute atomic E-state index is 0.579. The van der Waals surface area contributed by atoms with E-state index < -0.39 is 0 Å². The molecule has 3 nitrogen and oxygen atoms in total. The average Bonchev–Trinajstić information content (AvgIpc) is 2.71. The van der Waals surface area contributed by atoms with Crippen LogP contribution in [0.5, 0.6) is 0 Å². The molecule has 0 amide bonds. The molecular formula is C12H18BrN3. The molecule has 0 radical (unpaired) electrons. The van der Waals surface area contributed by atoms with E-state index in [-0.39, 0.29) is 0 Å². The molecule has 88 valence electrons. The van der Waals surface area contributed by atoms with Crippen LogP contribution in [0.2, 0.25) is 0 Å². The first kappa shape index (κ1) is 11.9. The third-order valence-electron chi connectivity index (χ3n) is 3.15. The van der Waals surface area contributed by atoms with Crippen LogP contribution in [-0.4, -0.2) is 31.2 Å². The Labute approximate surface area is 105 Å². The summed E-state index contributed by atoms with van der Waals surface area (Å²) < 4.78 is 1.14. The Balaban J connectivity index is 2.25. The molecule has 1 saturated heterocycles. The molecule has 0 aliphatic carbocycles. The molecule has 1 fully saturated rings. The third kappa shape index (κ3) is 2.23. The van der Waals surface area contributed by atoms with Gasteiger partial charge in [-0.05, 0) is 54.4 Å². The van der Waals surface area contributed by atoms with Crippen molar-refractivity contribution in [3.8, 4) is 0 Å². The molecule has 1 aliphatic heterocycles.